The molecule has 2 aromatic rings. The van der Waals surface area contributed by atoms with Gasteiger partial charge in [0, 0.05) is 4.88 Å². The number of aryl methyl sites for hydroxylation is 1. The number of hydrogen-bond donors (Lipinski definition) is 1. The van der Waals surface area contributed by atoms with Gasteiger partial charge in [0.1, 0.15) is 0 Å². The van der Waals surface area contributed by atoms with Crippen LogP contribution < -0.4 is 5.32 Å². The SMILES string of the molecule is CCC(Nc1ccc(C)cc1Cl)c1cccs1. The van der Waals surface area contributed by atoms with Gasteiger partial charge < -0.3 is 5.32 Å². The summed E-state index contributed by atoms with van der Waals surface area (Å²) in [5.74, 6) is 0. The largest absolute Gasteiger partial charge is 0.376 e. The number of halogens is 1. The maximum absolute atomic E-state index is 6.23. The van der Waals surface area contributed by atoms with Crippen molar-refractivity contribution in [3.05, 3.63) is 51.2 Å². The van der Waals surface area contributed by atoms with E-state index >= 15 is 0 Å². The number of benzene rings is 1. The van der Waals surface area contributed by atoms with Gasteiger partial charge in [-0.25, -0.2) is 0 Å². The first kappa shape index (κ1) is 12.5. The van der Waals surface area contributed by atoms with Gasteiger partial charge in [0.2, 0.25) is 0 Å². The van der Waals surface area contributed by atoms with Crippen molar-refractivity contribution in [1.82, 2.24) is 0 Å². The summed E-state index contributed by atoms with van der Waals surface area (Å²) in [5.41, 5.74) is 2.20. The number of thiophene rings is 1. The average Bonchev–Trinajstić information content (AvgIpc) is 2.81. The molecule has 0 fully saturated rings. The van der Waals surface area contributed by atoms with E-state index in [-0.39, 0.29) is 0 Å². The van der Waals surface area contributed by atoms with Gasteiger partial charge in [-0.15, -0.1) is 11.3 Å². The summed E-state index contributed by atoms with van der Waals surface area (Å²) in [6, 6.07) is 10.7. The quantitative estimate of drug-likeness (QED) is 0.794. The van der Waals surface area contributed by atoms with Crippen molar-refractivity contribution in [1.29, 1.82) is 0 Å². The van der Waals surface area contributed by atoms with E-state index in [4.69, 9.17) is 11.6 Å². The second kappa shape index (κ2) is 5.56. The fourth-order valence-corrected chi connectivity index (χ4v) is 2.94. The van der Waals surface area contributed by atoms with Crippen LogP contribution in [0.3, 0.4) is 0 Å². The van der Waals surface area contributed by atoms with Crippen molar-refractivity contribution in [2.24, 2.45) is 0 Å². The van der Waals surface area contributed by atoms with Gasteiger partial charge in [-0.3, -0.25) is 0 Å². The van der Waals surface area contributed by atoms with Crippen molar-refractivity contribution >= 4 is 28.6 Å². The van der Waals surface area contributed by atoms with Gasteiger partial charge >= 0.3 is 0 Å². The Hall–Kier alpha value is -0.990. The molecule has 1 unspecified atom stereocenters. The van der Waals surface area contributed by atoms with E-state index in [0.717, 1.165) is 17.1 Å². The molecule has 17 heavy (non-hydrogen) atoms. The lowest BCUT2D eigenvalue weighted by molar-refractivity contribution is 0.764. The highest BCUT2D eigenvalue weighted by Crippen LogP contribution is 2.30. The summed E-state index contributed by atoms with van der Waals surface area (Å²) >= 11 is 8.01. The number of anilines is 1. The van der Waals surface area contributed by atoms with Crippen molar-refractivity contribution in [3.63, 3.8) is 0 Å². The molecule has 1 aromatic carbocycles. The molecule has 1 aromatic heterocycles. The average molecular weight is 266 g/mol. The monoisotopic (exact) mass is 265 g/mol. The van der Waals surface area contributed by atoms with Crippen LogP contribution in [0.25, 0.3) is 0 Å². The van der Waals surface area contributed by atoms with Crippen LogP contribution in [-0.4, -0.2) is 0 Å². The third kappa shape index (κ3) is 3.02. The fraction of sp³-hybridized carbons (Fsp3) is 0.286. The molecule has 1 atom stereocenters. The van der Waals surface area contributed by atoms with Crippen LogP contribution >= 0.6 is 22.9 Å². The number of nitrogens with one attached hydrogen (secondary N) is 1. The molecular formula is C14H16ClNS. The summed E-state index contributed by atoms with van der Waals surface area (Å²) in [7, 11) is 0. The Bertz CT molecular complexity index is 479. The number of hydrogen-bond acceptors (Lipinski definition) is 2. The zero-order chi connectivity index (χ0) is 12.3. The highest BCUT2D eigenvalue weighted by atomic mass is 35.5. The van der Waals surface area contributed by atoms with Crippen LogP contribution in [0.2, 0.25) is 5.02 Å². The van der Waals surface area contributed by atoms with E-state index in [1.807, 2.05) is 19.1 Å². The van der Waals surface area contributed by atoms with Crippen LogP contribution in [0.5, 0.6) is 0 Å². The smallest absolute Gasteiger partial charge is 0.0640 e. The minimum Gasteiger partial charge on any atom is -0.376 e. The molecule has 0 amide bonds. The molecule has 0 spiro atoms. The first-order chi connectivity index (χ1) is 8.20. The van der Waals surface area contributed by atoms with Gasteiger partial charge in [-0.2, -0.15) is 0 Å². The highest BCUT2D eigenvalue weighted by Gasteiger charge is 2.11. The predicted molar refractivity (Wildman–Crippen MR) is 77.2 cm³/mol. The molecule has 0 saturated heterocycles. The van der Waals surface area contributed by atoms with E-state index < -0.39 is 0 Å². The molecule has 0 saturated carbocycles. The summed E-state index contributed by atoms with van der Waals surface area (Å²) in [5, 5.41) is 6.40. The molecular weight excluding hydrogens is 250 g/mol. The summed E-state index contributed by atoms with van der Waals surface area (Å²) in [6.07, 6.45) is 1.05. The van der Waals surface area contributed by atoms with Crippen LogP contribution in [0, 0.1) is 6.92 Å². The summed E-state index contributed by atoms with van der Waals surface area (Å²) < 4.78 is 0. The van der Waals surface area contributed by atoms with E-state index in [1.54, 1.807) is 11.3 Å². The van der Waals surface area contributed by atoms with Crippen molar-refractivity contribution in [2.45, 2.75) is 26.3 Å². The highest BCUT2D eigenvalue weighted by molar-refractivity contribution is 7.10. The lowest BCUT2D eigenvalue weighted by atomic mass is 10.1. The molecule has 2 rings (SSSR count). The lowest BCUT2D eigenvalue weighted by Crippen LogP contribution is -2.08. The maximum atomic E-state index is 6.23. The zero-order valence-corrected chi connectivity index (χ0v) is 11.6. The summed E-state index contributed by atoms with van der Waals surface area (Å²) in [4.78, 5) is 1.35. The topological polar surface area (TPSA) is 12.0 Å². The maximum Gasteiger partial charge on any atom is 0.0640 e. The van der Waals surface area contributed by atoms with E-state index in [2.05, 4.69) is 35.8 Å². The molecule has 3 heteroatoms. The van der Waals surface area contributed by atoms with Gasteiger partial charge in [-0.05, 0) is 42.5 Å². The third-order valence-electron chi connectivity index (χ3n) is 2.75. The molecule has 1 heterocycles. The number of rotatable bonds is 4. The van der Waals surface area contributed by atoms with Crippen LogP contribution in [0.1, 0.15) is 29.8 Å². The first-order valence-electron chi connectivity index (χ1n) is 5.76. The van der Waals surface area contributed by atoms with E-state index in [0.29, 0.717) is 6.04 Å². The fourth-order valence-electron chi connectivity index (χ4n) is 1.79. The van der Waals surface area contributed by atoms with Gasteiger partial charge in [0.25, 0.3) is 0 Å². The Morgan fingerprint density at radius 1 is 1.35 bits per heavy atom. The molecule has 0 aliphatic carbocycles. The van der Waals surface area contributed by atoms with Gasteiger partial charge in [0.15, 0.2) is 0 Å². The lowest BCUT2D eigenvalue weighted by Gasteiger charge is -2.18. The van der Waals surface area contributed by atoms with Crippen LogP contribution in [0.15, 0.2) is 35.7 Å². The third-order valence-corrected chi connectivity index (χ3v) is 4.05. The standard InChI is InChI=1S/C14H16ClNS/c1-3-12(14-5-4-8-17-14)16-13-7-6-10(2)9-11(13)15/h4-9,12,16H,3H2,1-2H3. The molecule has 0 aliphatic rings. The molecule has 1 nitrogen and oxygen atoms in total. The van der Waals surface area contributed by atoms with Crippen molar-refractivity contribution in [2.75, 3.05) is 5.32 Å². The molecule has 90 valence electrons. The van der Waals surface area contributed by atoms with Gasteiger partial charge in [-0.1, -0.05) is 30.7 Å². The van der Waals surface area contributed by atoms with Crippen LogP contribution in [0.4, 0.5) is 5.69 Å². The molecule has 0 bridgehead atoms. The predicted octanol–water partition coefficient (Wildman–Crippen LogP) is 5.27. The minimum absolute atomic E-state index is 0.343. The Labute approximate surface area is 111 Å². The van der Waals surface area contributed by atoms with Crippen molar-refractivity contribution < 1.29 is 0 Å². The zero-order valence-electron chi connectivity index (χ0n) is 10.0. The minimum atomic E-state index is 0.343. The second-order valence-electron chi connectivity index (χ2n) is 4.10. The Morgan fingerprint density at radius 3 is 2.76 bits per heavy atom. The molecule has 0 aliphatic heterocycles. The summed E-state index contributed by atoms with van der Waals surface area (Å²) in [6.45, 7) is 4.23. The van der Waals surface area contributed by atoms with Gasteiger partial charge in [0.05, 0.1) is 16.8 Å². The molecule has 1 N–H and O–H groups in total. The van der Waals surface area contributed by atoms with Crippen molar-refractivity contribution in [3.8, 4) is 0 Å². The Balaban J connectivity index is 2.19. The van der Waals surface area contributed by atoms with Crippen LogP contribution in [-0.2, 0) is 0 Å². The molecule has 0 radical (unpaired) electrons. The van der Waals surface area contributed by atoms with E-state index in [9.17, 15) is 0 Å². The second-order valence-corrected chi connectivity index (χ2v) is 5.49. The Kier molecular flexibility index (Phi) is 4.08. The van der Waals surface area contributed by atoms with E-state index in [1.165, 1.54) is 10.4 Å². The normalized spacial score (nSPS) is 12.4. The Morgan fingerprint density at radius 2 is 2.18 bits per heavy atom. The first-order valence-corrected chi connectivity index (χ1v) is 7.02.